The first kappa shape index (κ1) is 15.3. The van der Waals surface area contributed by atoms with Crippen LogP contribution in [0.2, 0.25) is 5.02 Å². The summed E-state index contributed by atoms with van der Waals surface area (Å²) in [6.07, 6.45) is 3.86. The molecule has 2 saturated heterocycles. The van der Waals surface area contributed by atoms with Gasteiger partial charge in [-0.15, -0.1) is 0 Å². The number of likely N-dealkylation sites (N-methyl/N-ethyl adjacent to an activating group) is 1. The number of fused-ring (bicyclic) bond motifs is 1. The fraction of sp³-hybridized carbons (Fsp3) is 0.647. The Morgan fingerprint density at radius 3 is 3.19 bits per heavy atom. The van der Waals surface area contributed by atoms with Gasteiger partial charge in [-0.3, -0.25) is 4.90 Å². The SMILES string of the molecule is CCNC(Cc1cccc(Cl)c1)C1CN2CCCC2CO1. The van der Waals surface area contributed by atoms with Crippen LogP contribution in [0.5, 0.6) is 0 Å². The molecule has 1 N–H and O–H groups in total. The van der Waals surface area contributed by atoms with E-state index in [-0.39, 0.29) is 6.10 Å². The second-order valence-electron chi connectivity index (χ2n) is 6.16. The van der Waals surface area contributed by atoms with Gasteiger partial charge in [0.15, 0.2) is 0 Å². The molecular weight excluding hydrogens is 284 g/mol. The van der Waals surface area contributed by atoms with Crippen molar-refractivity contribution in [2.45, 2.75) is 44.4 Å². The molecule has 3 rings (SSSR count). The summed E-state index contributed by atoms with van der Waals surface area (Å²) in [6.45, 7) is 6.31. The van der Waals surface area contributed by atoms with Crippen molar-refractivity contribution < 1.29 is 4.74 Å². The minimum Gasteiger partial charge on any atom is -0.374 e. The van der Waals surface area contributed by atoms with Gasteiger partial charge < -0.3 is 10.1 Å². The van der Waals surface area contributed by atoms with Gasteiger partial charge in [-0.2, -0.15) is 0 Å². The second kappa shape index (κ2) is 7.10. The molecule has 0 bridgehead atoms. The molecule has 4 heteroatoms. The van der Waals surface area contributed by atoms with Gasteiger partial charge in [-0.05, 0) is 50.0 Å². The predicted molar refractivity (Wildman–Crippen MR) is 87.0 cm³/mol. The predicted octanol–water partition coefficient (Wildman–Crippen LogP) is 2.72. The Morgan fingerprint density at radius 2 is 2.38 bits per heavy atom. The molecular formula is C17H25ClN2O. The minimum atomic E-state index is 0.276. The molecule has 3 atom stereocenters. The molecule has 3 unspecified atom stereocenters. The van der Waals surface area contributed by atoms with Gasteiger partial charge in [0.05, 0.1) is 12.7 Å². The van der Waals surface area contributed by atoms with Crippen molar-refractivity contribution in [2.24, 2.45) is 0 Å². The monoisotopic (exact) mass is 308 g/mol. The highest BCUT2D eigenvalue weighted by molar-refractivity contribution is 6.30. The molecule has 0 radical (unpaired) electrons. The second-order valence-corrected chi connectivity index (χ2v) is 6.60. The number of hydrogen-bond acceptors (Lipinski definition) is 3. The lowest BCUT2D eigenvalue weighted by atomic mass is 9.99. The van der Waals surface area contributed by atoms with E-state index in [4.69, 9.17) is 16.3 Å². The van der Waals surface area contributed by atoms with E-state index in [1.807, 2.05) is 12.1 Å². The van der Waals surface area contributed by atoms with Gasteiger partial charge in [0.1, 0.15) is 0 Å². The van der Waals surface area contributed by atoms with E-state index in [2.05, 4.69) is 29.3 Å². The highest BCUT2D eigenvalue weighted by atomic mass is 35.5. The number of nitrogens with zero attached hydrogens (tertiary/aromatic N) is 1. The summed E-state index contributed by atoms with van der Waals surface area (Å²) in [5.74, 6) is 0. The first-order chi connectivity index (χ1) is 10.3. The molecule has 0 amide bonds. The van der Waals surface area contributed by atoms with Crippen molar-refractivity contribution in [2.75, 3.05) is 26.2 Å². The van der Waals surface area contributed by atoms with Gasteiger partial charge in [-0.1, -0.05) is 30.7 Å². The smallest absolute Gasteiger partial charge is 0.0858 e. The summed E-state index contributed by atoms with van der Waals surface area (Å²) in [5.41, 5.74) is 1.28. The zero-order chi connectivity index (χ0) is 14.7. The number of nitrogens with one attached hydrogen (secondary N) is 1. The number of rotatable bonds is 5. The summed E-state index contributed by atoms with van der Waals surface area (Å²) < 4.78 is 6.17. The van der Waals surface area contributed by atoms with Crippen molar-refractivity contribution in [3.05, 3.63) is 34.9 Å². The van der Waals surface area contributed by atoms with E-state index in [0.717, 1.165) is 31.1 Å². The molecule has 3 nitrogen and oxygen atoms in total. The lowest BCUT2D eigenvalue weighted by Crippen LogP contribution is -2.54. The molecule has 1 aromatic carbocycles. The molecule has 1 aromatic rings. The number of hydrogen-bond donors (Lipinski definition) is 1. The average Bonchev–Trinajstić information content (AvgIpc) is 2.94. The van der Waals surface area contributed by atoms with Gasteiger partial charge >= 0.3 is 0 Å². The van der Waals surface area contributed by atoms with E-state index in [9.17, 15) is 0 Å². The topological polar surface area (TPSA) is 24.5 Å². The maximum Gasteiger partial charge on any atom is 0.0858 e. The molecule has 0 saturated carbocycles. The van der Waals surface area contributed by atoms with Crippen LogP contribution >= 0.6 is 11.6 Å². The van der Waals surface area contributed by atoms with E-state index in [1.54, 1.807) is 0 Å². The summed E-state index contributed by atoms with van der Waals surface area (Å²) in [4.78, 5) is 2.61. The molecule has 21 heavy (non-hydrogen) atoms. The van der Waals surface area contributed by atoms with E-state index in [0.29, 0.717) is 12.1 Å². The van der Waals surface area contributed by atoms with Gasteiger partial charge in [0.2, 0.25) is 0 Å². The third kappa shape index (κ3) is 3.78. The zero-order valence-electron chi connectivity index (χ0n) is 12.7. The number of benzene rings is 1. The van der Waals surface area contributed by atoms with Gasteiger partial charge in [0.25, 0.3) is 0 Å². The zero-order valence-corrected chi connectivity index (χ0v) is 13.5. The van der Waals surface area contributed by atoms with Crippen LogP contribution in [0.1, 0.15) is 25.3 Å². The Hall–Kier alpha value is -0.610. The Bertz CT molecular complexity index is 468. The average molecular weight is 309 g/mol. The fourth-order valence-corrected chi connectivity index (χ4v) is 3.81. The van der Waals surface area contributed by atoms with Crippen molar-refractivity contribution in [3.63, 3.8) is 0 Å². The van der Waals surface area contributed by atoms with E-state index in [1.165, 1.54) is 24.9 Å². The molecule has 2 fully saturated rings. The standard InChI is InChI=1S/C17H25ClN2O/c1-2-19-16(10-13-5-3-6-14(18)9-13)17-11-20-8-4-7-15(20)12-21-17/h3,5-6,9,15-17,19H,2,4,7-8,10-12H2,1H3. The number of halogens is 1. The van der Waals surface area contributed by atoms with Crippen LogP contribution in [-0.4, -0.2) is 49.3 Å². The Morgan fingerprint density at radius 1 is 1.48 bits per heavy atom. The maximum absolute atomic E-state index is 6.17. The molecule has 2 heterocycles. The first-order valence-corrected chi connectivity index (χ1v) is 8.47. The first-order valence-electron chi connectivity index (χ1n) is 8.09. The van der Waals surface area contributed by atoms with Crippen molar-refractivity contribution in [1.29, 1.82) is 0 Å². The van der Waals surface area contributed by atoms with Crippen LogP contribution in [0.15, 0.2) is 24.3 Å². The molecule has 0 aliphatic carbocycles. The Balaban J connectivity index is 1.66. The molecule has 2 aliphatic heterocycles. The summed E-state index contributed by atoms with van der Waals surface area (Å²) in [6, 6.07) is 9.19. The molecule has 116 valence electrons. The highest BCUT2D eigenvalue weighted by Crippen LogP contribution is 2.25. The quantitative estimate of drug-likeness (QED) is 0.905. The van der Waals surface area contributed by atoms with Crippen LogP contribution in [0, 0.1) is 0 Å². The number of morpholine rings is 1. The molecule has 0 spiro atoms. The van der Waals surface area contributed by atoms with Gasteiger partial charge in [-0.25, -0.2) is 0 Å². The van der Waals surface area contributed by atoms with Crippen LogP contribution < -0.4 is 5.32 Å². The Kier molecular flexibility index (Phi) is 5.17. The largest absolute Gasteiger partial charge is 0.374 e. The fourth-order valence-electron chi connectivity index (χ4n) is 3.60. The normalized spacial score (nSPS) is 27.5. The van der Waals surface area contributed by atoms with Crippen LogP contribution in [0.25, 0.3) is 0 Å². The van der Waals surface area contributed by atoms with Crippen molar-refractivity contribution in [3.8, 4) is 0 Å². The van der Waals surface area contributed by atoms with E-state index >= 15 is 0 Å². The van der Waals surface area contributed by atoms with Crippen LogP contribution in [0.4, 0.5) is 0 Å². The van der Waals surface area contributed by atoms with Gasteiger partial charge in [0, 0.05) is 23.7 Å². The number of ether oxygens (including phenoxy) is 1. The van der Waals surface area contributed by atoms with Crippen LogP contribution in [-0.2, 0) is 11.2 Å². The molecule has 2 aliphatic rings. The maximum atomic E-state index is 6.17. The Labute approximate surface area is 132 Å². The van der Waals surface area contributed by atoms with Crippen molar-refractivity contribution >= 4 is 11.6 Å². The van der Waals surface area contributed by atoms with E-state index < -0.39 is 0 Å². The van der Waals surface area contributed by atoms with Crippen LogP contribution in [0.3, 0.4) is 0 Å². The summed E-state index contributed by atoms with van der Waals surface area (Å²) >= 11 is 6.10. The lowest BCUT2D eigenvalue weighted by Gasteiger charge is -2.39. The molecule has 0 aromatic heterocycles. The minimum absolute atomic E-state index is 0.276. The highest BCUT2D eigenvalue weighted by Gasteiger charge is 2.35. The lowest BCUT2D eigenvalue weighted by molar-refractivity contribution is -0.0641. The summed E-state index contributed by atoms with van der Waals surface area (Å²) in [7, 11) is 0. The third-order valence-corrected chi connectivity index (χ3v) is 4.91. The summed E-state index contributed by atoms with van der Waals surface area (Å²) in [5, 5.41) is 4.42. The van der Waals surface area contributed by atoms with Crippen molar-refractivity contribution in [1.82, 2.24) is 10.2 Å². The third-order valence-electron chi connectivity index (χ3n) is 4.68.